The van der Waals surface area contributed by atoms with Gasteiger partial charge in [-0.1, -0.05) is 18.2 Å². The van der Waals surface area contributed by atoms with Crippen molar-refractivity contribution in [1.82, 2.24) is 9.88 Å². The molecule has 0 saturated carbocycles. The summed E-state index contributed by atoms with van der Waals surface area (Å²) in [7, 11) is 1.51. The molecule has 7 nitrogen and oxygen atoms in total. The van der Waals surface area contributed by atoms with Crippen LogP contribution in [0.15, 0.2) is 48.8 Å². The van der Waals surface area contributed by atoms with E-state index in [-0.39, 0.29) is 32.0 Å². The van der Waals surface area contributed by atoms with Crippen LogP contribution in [0.3, 0.4) is 0 Å². The fraction of sp³-hybridized carbons (Fsp3) is 0.316. The predicted molar refractivity (Wildman–Crippen MR) is 94.8 cm³/mol. The SMILES string of the molecule is COCCN(CC(=O)O)C(=O)Cc1cccc(OCc2cccnc2)c1. The van der Waals surface area contributed by atoms with E-state index in [1.54, 1.807) is 24.5 Å². The molecule has 0 bridgehead atoms. The summed E-state index contributed by atoms with van der Waals surface area (Å²) in [6.45, 7) is 0.551. The molecular weight excluding hydrogens is 336 g/mol. The maximum Gasteiger partial charge on any atom is 0.323 e. The summed E-state index contributed by atoms with van der Waals surface area (Å²) in [5.74, 6) is -0.683. The molecule has 0 aliphatic carbocycles. The zero-order valence-corrected chi connectivity index (χ0v) is 14.6. The molecule has 0 spiro atoms. The Kier molecular flexibility index (Phi) is 7.57. The van der Waals surface area contributed by atoms with Crippen molar-refractivity contribution < 1.29 is 24.2 Å². The Labute approximate surface area is 152 Å². The Morgan fingerprint density at radius 2 is 2.00 bits per heavy atom. The Morgan fingerprint density at radius 3 is 2.69 bits per heavy atom. The summed E-state index contributed by atoms with van der Waals surface area (Å²) in [6, 6.07) is 11.0. The van der Waals surface area contributed by atoms with Crippen molar-refractivity contribution in [3.63, 3.8) is 0 Å². The highest BCUT2D eigenvalue weighted by Crippen LogP contribution is 2.16. The second-order valence-electron chi connectivity index (χ2n) is 5.68. The van der Waals surface area contributed by atoms with Gasteiger partial charge < -0.3 is 19.5 Å². The van der Waals surface area contributed by atoms with Gasteiger partial charge in [0.05, 0.1) is 13.0 Å². The Hall–Kier alpha value is -2.93. The Balaban J connectivity index is 1.97. The van der Waals surface area contributed by atoms with E-state index in [4.69, 9.17) is 14.6 Å². The van der Waals surface area contributed by atoms with Crippen molar-refractivity contribution >= 4 is 11.9 Å². The predicted octanol–water partition coefficient (Wildman–Crippen LogP) is 1.76. The van der Waals surface area contributed by atoms with Crippen LogP contribution in [0.4, 0.5) is 0 Å². The summed E-state index contributed by atoms with van der Waals surface area (Å²) in [6.07, 6.45) is 3.52. The van der Waals surface area contributed by atoms with E-state index >= 15 is 0 Å². The number of nitrogens with zero attached hydrogens (tertiary/aromatic N) is 2. The molecule has 1 amide bonds. The number of aromatic nitrogens is 1. The summed E-state index contributed by atoms with van der Waals surface area (Å²) in [5.41, 5.74) is 1.70. The molecular formula is C19H22N2O5. The quantitative estimate of drug-likeness (QED) is 0.696. The number of carboxylic acid groups (broad SMARTS) is 1. The fourth-order valence-corrected chi connectivity index (χ4v) is 2.34. The molecule has 1 N–H and O–H groups in total. The number of rotatable bonds is 10. The summed E-state index contributed by atoms with van der Waals surface area (Å²) in [5, 5.41) is 8.96. The van der Waals surface area contributed by atoms with Crippen LogP contribution >= 0.6 is 0 Å². The topological polar surface area (TPSA) is 89.0 Å². The van der Waals surface area contributed by atoms with Crippen LogP contribution in [0.1, 0.15) is 11.1 Å². The van der Waals surface area contributed by atoms with Crippen LogP contribution < -0.4 is 4.74 Å². The first-order valence-electron chi connectivity index (χ1n) is 8.17. The van der Waals surface area contributed by atoms with Gasteiger partial charge in [-0.25, -0.2) is 0 Å². The van der Waals surface area contributed by atoms with Crippen LogP contribution in [0.25, 0.3) is 0 Å². The number of methoxy groups -OCH3 is 1. The maximum atomic E-state index is 12.4. The van der Waals surface area contributed by atoms with Gasteiger partial charge in [0.1, 0.15) is 18.9 Å². The van der Waals surface area contributed by atoms with Crippen LogP contribution in [-0.4, -0.2) is 53.7 Å². The summed E-state index contributed by atoms with van der Waals surface area (Å²) >= 11 is 0. The zero-order chi connectivity index (χ0) is 18.8. The van der Waals surface area contributed by atoms with Gasteiger partial charge in [-0.3, -0.25) is 14.6 Å². The molecule has 0 aliphatic heterocycles. The van der Waals surface area contributed by atoms with Gasteiger partial charge in [0.2, 0.25) is 5.91 Å². The molecule has 0 aliphatic rings. The molecule has 0 unspecified atom stereocenters. The molecule has 0 radical (unpaired) electrons. The van der Waals surface area contributed by atoms with Gasteiger partial charge in [0.15, 0.2) is 0 Å². The lowest BCUT2D eigenvalue weighted by atomic mass is 10.1. The highest BCUT2D eigenvalue weighted by atomic mass is 16.5. The molecule has 1 aromatic carbocycles. The van der Waals surface area contributed by atoms with Crippen LogP contribution in [0, 0.1) is 0 Å². The Bertz CT molecular complexity index is 721. The fourth-order valence-electron chi connectivity index (χ4n) is 2.34. The van der Waals surface area contributed by atoms with Crippen molar-refractivity contribution in [2.45, 2.75) is 13.0 Å². The minimum atomic E-state index is -1.05. The van der Waals surface area contributed by atoms with Crippen molar-refractivity contribution in [2.24, 2.45) is 0 Å². The van der Waals surface area contributed by atoms with E-state index in [0.717, 1.165) is 11.1 Å². The average molecular weight is 358 g/mol. The van der Waals surface area contributed by atoms with E-state index in [0.29, 0.717) is 12.4 Å². The molecule has 1 heterocycles. The van der Waals surface area contributed by atoms with Gasteiger partial charge in [-0.05, 0) is 23.8 Å². The standard InChI is InChI=1S/C19H22N2O5/c1-25-9-8-21(13-19(23)24)18(22)11-15-4-2-6-17(10-15)26-14-16-5-3-7-20-12-16/h2-7,10,12H,8-9,11,13-14H2,1H3,(H,23,24). The Morgan fingerprint density at radius 1 is 1.19 bits per heavy atom. The summed E-state index contributed by atoms with van der Waals surface area (Å²) in [4.78, 5) is 28.7. The minimum Gasteiger partial charge on any atom is -0.489 e. The first-order valence-corrected chi connectivity index (χ1v) is 8.17. The number of carboxylic acids is 1. The van der Waals surface area contributed by atoms with Gasteiger partial charge >= 0.3 is 5.97 Å². The lowest BCUT2D eigenvalue weighted by molar-refractivity contribution is -0.144. The number of pyridine rings is 1. The minimum absolute atomic E-state index is 0.0983. The normalized spacial score (nSPS) is 10.3. The van der Waals surface area contributed by atoms with Gasteiger partial charge in [0, 0.05) is 31.6 Å². The first-order chi connectivity index (χ1) is 12.6. The zero-order valence-electron chi connectivity index (χ0n) is 14.6. The van der Waals surface area contributed by atoms with Crippen molar-refractivity contribution in [2.75, 3.05) is 26.8 Å². The molecule has 2 aromatic rings. The van der Waals surface area contributed by atoms with Crippen LogP contribution in [0.2, 0.25) is 0 Å². The molecule has 0 atom stereocenters. The molecule has 1 aromatic heterocycles. The van der Waals surface area contributed by atoms with Gasteiger partial charge in [-0.15, -0.1) is 0 Å². The number of carbonyl (C=O) groups excluding carboxylic acids is 1. The smallest absolute Gasteiger partial charge is 0.323 e. The third-order valence-electron chi connectivity index (χ3n) is 3.63. The average Bonchev–Trinajstić information content (AvgIpc) is 2.64. The lowest BCUT2D eigenvalue weighted by Crippen LogP contribution is -2.38. The van der Waals surface area contributed by atoms with E-state index in [1.807, 2.05) is 24.3 Å². The second-order valence-corrected chi connectivity index (χ2v) is 5.68. The molecule has 26 heavy (non-hydrogen) atoms. The largest absolute Gasteiger partial charge is 0.489 e. The molecule has 0 saturated heterocycles. The van der Waals surface area contributed by atoms with Gasteiger partial charge in [0.25, 0.3) is 0 Å². The number of ether oxygens (including phenoxy) is 2. The molecule has 138 valence electrons. The van der Waals surface area contributed by atoms with Crippen molar-refractivity contribution in [3.8, 4) is 5.75 Å². The number of hydrogen-bond donors (Lipinski definition) is 1. The summed E-state index contributed by atoms with van der Waals surface area (Å²) < 4.78 is 10.7. The number of hydrogen-bond acceptors (Lipinski definition) is 5. The maximum absolute atomic E-state index is 12.4. The van der Waals surface area contributed by atoms with Crippen LogP contribution in [-0.2, 0) is 27.4 Å². The number of amides is 1. The third-order valence-corrected chi connectivity index (χ3v) is 3.63. The van der Waals surface area contributed by atoms with Crippen LogP contribution in [0.5, 0.6) is 5.75 Å². The number of aliphatic carboxylic acids is 1. The first kappa shape index (κ1) is 19.4. The van der Waals surface area contributed by atoms with Gasteiger partial charge in [-0.2, -0.15) is 0 Å². The molecule has 0 fully saturated rings. The van der Waals surface area contributed by atoms with Crippen molar-refractivity contribution in [1.29, 1.82) is 0 Å². The highest BCUT2D eigenvalue weighted by molar-refractivity contribution is 5.83. The van der Waals surface area contributed by atoms with E-state index in [1.165, 1.54) is 12.0 Å². The van der Waals surface area contributed by atoms with E-state index < -0.39 is 5.97 Å². The second kappa shape index (κ2) is 10.1. The number of benzene rings is 1. The monoisotopic (exact) mass is 358 g/mol. The van der Waals surface area contributed by atoms with Crippen molar-refractivity contribution in [3.05, 3.63) is 59.9 Å². The highest BCUT2D eigenvalue weighted by Gasteiger charge is 2.17. The molecule has 7 heteroatoms. The lowest BCUT2D eigenvalue weighted by Gasteiger charge is -2.20. The van der Waals surface area contributed by atoms with E-state index in [2.05, 4.69) is 4.98 Å². The third kappa shape index (κ3) is 6.52. The van der Waals surface area contributed by atoms with E-state index in [9.17, 15) is 9.59 Å². The molecule has 2 rings (SSSR count). The number of carbonyl (C=O) groups is 2.